The monoisotopic (exact) mass is 245 g/mol. The second-order valence-corrected chi connectivity index (χ2v) is 4.26. The van der Waals surface area contributed by atoms with Crippen molar-refractivity contribution in [3.05, 3.63) is 11.7 Å². The van der Waals surface area contributed by atoms with Crippen LogP contribution >= 0.6 is 12.4 Å². The highest BCUT2D eigenvalue weighted by Gasteiger charge is 2.26. The van der Waals surface area contributed by atoms with Gasteiger partial charge in [-0.05, 0) is 18.8 Å². The van der Waals surface area contributed by atoms with Crippen molar-refractivity contribution in [1.82, 2.24) is 15.5 Å². The smallest absolute Gasteiger partial charge is 0.257 e. The number of halogens is 1. The van der Waals surface area contributed by atoms with Gasteiger partial charge in [-0.15, -0.1) is 12.4 Å². The van der Waals surface area contributed by atoms with Gasteiger partial charge in [0.2, 0.25) is 0 Å². The molecule has 1 saturated heterocycles. The molecule has 0 aromatic carbocycles. The van der Waals surface area contributed by atoms with Crippen LogP contribution in [0.25, 0.3) is 0 Å². The summed E-state index contributed by atoms with van der Waals surface area (Å²) in [4.78, 5) is 4.37. The first kappa shape index (κ1) is 11.8. The van der Waals surface area contributed by atoms with E-state index >= 15 is 0 Å². The molecule has 2 fully saturated rings. The molecule has 0 spiro atoms. The molecule has 0 unspecified atom stereocenters. The summed E-state index contributed by atoms with van der Waals surface area (Å²) < 4.78 is 10.7. The SMILES string of the molecule is C1CO[C@H](c2nc(CC3CC3)no2)CN1.Cl. The van der Waals surface area contributed by atoms with E-state index in [0.717, 1.165) is 31.3 Å². The molecule has 90 valence electrons. The van der Waals surface area contributed by atoms with E-state index in [9.17, 15) is 0 Å². The van der Waals surface area contributed by atoms with Crippen LogP contribution in [0, 0.1) is 5.92 Å². The lowest BCUT2D eigenvalue weighted by atomic mass is 10.3. The Morgan fingerprint density at radius 2 is 2.25 bits per heavy atom. The quantitative estimate of drug-likeness (QED) is 0.864. The van der Waals surface area contributed by atoms with Crippen molar-refractivity contribution in [2.75, 3.05) is 19.7 Å². The fourth-order valence-corrected chi connectivity index (χ4v) is 1.79. The van der Waals surface area contributed by atoms with Crippen LogP contribution in [0.5, 0.6) is 0 Å². The third kappa shape index (κ3) is 2.72. The zero-order valence-electron chi connectivity index (χ0n) is 9.02. The van der Waals surface area contributed by atoms with E-state index in [1.807, 2.05) is 0 Å². The summed E-state index contributed by atoms with van der Waals surface area (Å²) in [5, 5.41) is 7.22. The molecule has 5 nitrogen and oxygen atoms in total. The van der Waals surface area contributed by atoms with Gasteiger partial charge in [-0.2, -0.15) is 4.98 Å². The number of rotatable bonds is 3. The van der Waals surface area contributed by atoms with E-state index in [4.69, 9.17) is 9.26 Å². The van der Waals surface area contributed by atoms with Gasteiger partial charge < -0.3 is 14.6 Å². The van der Waals surface area contributed by atoms with Gasteiger partial charge in [-0.25, -0.2) is 0 Å². The van der Waals surface area contributed by atoms with Crippen LogP contribution in [0.4, 0.5) is 0 Å². The lowest BCUT2D eigenvalue weighted by Crippen LogP contribution is -2.33. The highest BCUT2D eigenvalue weighted by molar-refractivity contribution is 5.85. The minimum absolute atomic E-state index is 0. The molecule has 1 aromatic rings. The Kier molecular flexibility index (Phi) is 3.78. The maximum absolute atomic E-state index is 5.54. The Labute approximate surface area is 100 Å². The van der Waals surface area contributed by atoms with E-state index in [1.54, 1.807) is 0 Å². The summed E-state index contributed by atoms with van der Waals surface area (Å²) in [6.07, 6.45) is 3.53. The number of hydrogen-bond acceptors (Lipinski definition) is 5. The Morgan fingerprint density at radius 3 is 2.94 bits per heavy atom. The number of ether oxygens (including phenoxy) is 1. The van der Waals surface area contributed by atoms with Crippen LogP contribution < -0.4 is 5.32 Å². The molecule has 16 heavy (non-hydrogen) atoms. The first-order valence-electron chi connectivity index (χ1n) is 5.56. The molecule has 1 saturated carbocycles. The van der Waals surface area contributed by atoms with Crippen LogP contribution in [0.3, 0.4) is 0 Å². The molecule has 1 aromatic heterocycles. The lowest BCUT2D eigenvalue weighted by molar-refractivity contribution is 0.00755. The summed E-state index contributed by atoms with van der Waals surface area (Å²) >= 11 is 0. The molecular weight excluding hydrogens is 230 g/mol. The van der Waals surface area contributed by atoms with Crippen molar-refractivity contribution >= 4 is 12.4 Å². The van der Waals surface area contributed by atoms with Crippen molar-refractivity contribution in [2.24, 2.45) is 5.92 Å². The van der Waals surface area contributed by atoms with Crippen molar-refractivity contribution in [1.29, 1.82) is 0 Å². The summed E-state index contributed by atoms with van der Waals surface area (Å²) in [5.41, 5.74) is 0. The average Bonchev–Trinajstić information content (AvgIpc) is 2.96. The topological polar surface area (TPSA) is 60.2 Å². The molecular formula is C10H16ClN3O2. The summed E-state index contributed by atoms with van der Waals surface area (Å²) in [5.74, 6) is 2.25. The van der Waals surface area contributed by atoms with Gasteiger partial charge in [0.25, 0.3) is 5.89 Å². The van der Waals surface area contributed by atoms with E-state index in [2.05, 4.69) is 15.5 Å². The maximum atomic E-state index is 5.54. The first-order valence-corrected chi connectivity index (χ1v) is 5.56. The number of morpholine rings is 1. The van der Waals surface area contributed by atoms with Gasteiger partial charge in [-0.1, -0.05) is 5.16 Å². The minimum atomic E-state index is -0.0563. The minimum Gasteiger partial charge on any atom is -0.366 e. The van der Waals surface area contributed by atoms with Gasteiger partial charge in [0.15, 0.2) is 5.82 Å². The second kappa shape index (κ2) is 5.12. The molecule has 3 rings (SSSR count). The number of nitrogens with zero attached hydrogens (tertiary/aromatic N) is 2. The van der Waals surface area contributed by atoms with Crippen LogP contribution in [0.2, 0.25) is 0 Å². The highest BCUT2D eigenvalue weighted by Crippen LogP contribution is 2.32. The van der Waals surface area contributed by atoms with Crippen molar-refractivity contribution in [3.63, 3.8) is 0 Å². The highest BCUT2D eigenvalue weighted by atomic mass is 35.5. The molecule has 2 aliphatic rings. The molecule has 1 aliphatic carbocycles. The number of nitrogens with one attached hydrogen (secondary N) is 1. The molecule has 6 heteroatoms. The van der Waals surface area contributed by atoms with Crippen LogP contribution in [0.1, 0.15) is 30.7 Å². The average molecular weight is 246 g/mol. The maximum Gasteiger partial charge on any atom is 0.257 e. The Hall–Kier alpha value is -0.650. The molecule has 2 heterocycles. The Bertz CT molecular complexity index is 335. The molecule has 1 atom stereocenters. The summed E-state index contributed by atoms with van der Waals surface area (Å²) in [7, 11) is 0. The van der Waals surface area contributed by atoms with Crippen molar-refractivity contribution < 1.29 is 9.26 Å². The number of hydrogen-bond donors (Lipinski definition) is 1. The first-order chi connectivity index (χ1) is 7.42. The summed E-state index contributed by atoms with van der Waals surface area (Å²) in [6, 6.07) is 0. The van der Waals surface area contributed by atoms with Crippen molar-refractivity contribution in [2.45, 2.75) is 25.4 Å². The molecule has 0 radical (unpaired) electrons. The predicted octanol–water partition coefficient (Wildman–Crippen LogP) is 1.10. The normalized spacial score (nSPS) is 25.1. The van der Waals surface area contributed by atoms with Crippen LogP contribution in [-0.4, -0.2) is 29.8 Å². The lowest BCUT2D eigenvalue weighted by Gasteiger charge is -2.19. The fraction of sp³-hybridized carbons (Fsp3) is 0.800. The Balaban J connectivity index is 0.000000963. The molecule has 0 bridgehead atoms. The van der Waals surface area contributed by atoms with E-state index in [-0.39, 0.29) is 18.5 Å². The third-order valence-corrected chi connectivity index (χ3v) is 2.86. The third-order valence-electron chi connectivity index (χ3n) is 2.86. The van der Waals surface area contributed by atoms with Gasteiger partial charge in [-0.3, -0.25) is 0 Å². The zero-order valence-corrected chi connectivity index (χ0v) is 9.83. The molecule has 0 amide bonds. The van der Waals surface area contributed by atoms with E-state index in [1.165, 1.54) is 12.8 Å². The van der Waals surface area contributed by atoms with Crippen molar-refractivity contribution in [3.8, 4) is 0 Å². The van der Waals surface area contributed by atoms with E-state index in [0.29, 0.717) is 12.5 Å². The second-order valence-electron chi connectivity index (χ2n) is 4.26. The molecule has 1 N–H and O–H groups in total. The largest absolute Gasteiger partial charge is 0.366 e. The van der Waals surface area contributed by atoms with Crippen LogP contribution in [-0.2, 0) is 11.2 Å². The van der Waals surface area contributed by atoms with Gasteiger partial charge in [0.05, 0.1) is 6.61 Å². The summed E-state index contributed by atoms with van der Waals surface area (Å²) in [6.45, 7) is 2.38. The van der Waals surface area contributed by atoms with Gasteiger partial charge in [0, 0.05) is 19.5 Å². The Morgan fingerprint density at radius 1 is 1.38 bits per heavy atom. The van der Waals surface area contributed by atoms with Gasteiger partial charge >= 0.3 is 0 Å². The zero-order chi connectivity index (χ0) is 10.1. The predicted molar refractivity (Wildman–Crippen MR) is 59.5 cm³/mol. The van der Waals surface area contributed by atoms with Crippen LogP contribution in [0.15, 0.2) is 4.52 Å². The standard InChI is InChI=1S/C10H15N3O2.ClH/c1-2-7(1)5-9-12-10(15-13-9)8-6-11-3-4-14-8;/h7-8,11H,1-6H2;1H/t8-;/m0./s1. The van der Waals surface area contributed by atoms with E-state index < -0.39 is 0 Å². The van der Waals surface area contributed by atoms with Gasteiger partial charge in [0.1, 0.15) is 6.10 Å². The molecule has 1 aliphatic heterocycles. The fourth-order valence-electron chi connectivity index (χ4n) is 1.79. The number of aromatic nitrogens is 2.